The number of hydrogen-bond donors (Lipinski definition) is 4. The van der Waals surface area contributed by atoms with Crippen molar-refractivity contribution in [1.29, 1.82) is 0 Å². The molecule has 0 atom stereocenters. The van der Waals surface area contributed by atoms with Crippen molar-refractivity contribution in [1.82, 2.24) is 19.9 Å². The lowest BCUT2D eigenvalue weighted by Crippen LogP contribution is -2.35. The number of nitrogens with one attached hydrogen (secondary N) is 4. The standard InChI is InChI=1S/C23H30N8O/c24-16-6-10-18(11-7-16)28-23-29-20-19(25-14-26-20)21(30-23)27-17-8-4-15(5-9-17)22(32)31-12-2-1-3-13-31/h4-5,8-9,14,16,18H,1-3,6-7,10-13,24H2,(H3,25,26,27,28,29,30)/p+1. The summed E-state index contributed by atoms with van der Waals surface area (Å²) < 4.78 is 0. The number of aromatic amines is 2. The van der Waals surface area contributed by atoms with Crippen LogP contribution in [0.4, 0.5) is 17.5 Å². The van der Waals surface area contributed by atoms with Crippen molar-refractivity contribution in [3.8, 4) is 0 Å². The number of aromatic nitrogens is 4. The summed E-state index contributed by atoms with van der Waals surface area (Å²) in [5, 5.41) is 6.84. The molecule has 3 aromatic rings. The Bertz CT molecular complexity index is 1070. The molecule has 3 heterocycles. The molecule has 1 amide bonds. The van der Waals surface area contributed by atoms with Gasteiger partial charge < -0.3 is 21.3 Å². The summed E-state index contributed by atoms with van der Waals surface area (Å²) in [5.41, 5.74) is 9.15. The van der Waals surface area contributed by atoms with Crippen molar-refractivity contribution >= 4 is 34.5 Å². The van der Waals surface area contributed by atoms with Gasteiger partial charge in [-0.3, -0.25) is 9.78 Å². The predicted molar refractivity (Wildman–Crippen MR) is 124 cm³/mol. The van der Waals surface area contributed by atoms with Gasteiger partial charge in [-0.05, 0) is 69.2 Å². The van der Waals surface area contributed by atoms with Crippen LogP contribution in [0.2, 0.25) is 0 Å². The minimum absolute atomic E-state index is 0.110. The number of carbonyl (C=O) groups is 1. The molecule has 0 bridgehead atoms. The van der Waals surface area contributed by atoms with Crippen molar-refractivity contribution < 1.29 is 9.78 Å². The Labute approximate surface area is 187 Å². The maximum Gasteiger partial charge on any atom is 0.307 e. The maximum atomic E-state index is 12.7. The van der Waals surface area contributed by atoms with Crippen LogP contribution in [0.3, 0.4) is 0 Å². The number of piperidine rings is 1. The van der Waals surface area contributed by atoms with E-state index in [0.29, 0.717) is 23.8 Å². The van der Waals surface area contributed by atoms with Gasteiger partial charge >= 0.3 is 11.6 Å². The van der Waals surface area contributed by atoms with E-state index in [1.807, 2.05) is 29.2 Å². The number of fused-ring (bicyclic) bond motifs is 1. The molecule has 5 rings (SSSR count). The zero-order valence-electron chi connectivity index (χ0n) is 18.2. The van der Waals surface area contributed by atoms with Crippen LogP contribution in [-0.4, -0.2) is 50.9 Å². The van der Waals surface area contributed by atoms with Gasteiger partial charge in [0.25, 0.3) is 5.91 Å². The molecule has 1 saturated carbocycles. The molecule has 1 aromatic carbocycles. The fourth-order valence-electron chi connectivity index (χ4n) is 4.59. The zero-order valence-corrected chi connectivity index (χ0v) is 18.2. The largest absolute Gasteiger partial charge is 0.339 e. The number of likely N-dealkylation sites (tertiary alicyclic amines) is 1. The summed E-state index contributed by atoms with van der Waals surface area (Å²) in [4.78, 5) is 30.3. The highest BCUT2D eigenvalue weighted by Gasteiger charge is 2.23. The smallest absolute Gasteiger partial charge is 0.307 e. The van der Waals surface area contributed by atoms with Gasteiger partial charge in [-0.15, -0.1) is 0 Å². The second-order valence-electron chi connectivity index (χ2n) is 8.86. The highest BCUT2D eigenvalue weighted by atomic mass is 16.2. The molecule has 2 fully saturated rings. The fourth-order valence-corrected chi connectivity index (χ4v) is 4.59. The fraction of sp³-hybridized carbons (Fsp3) is 0.478. The predicted octanol–water partition coefficient (Wildman–Crippen LogP) is 2.82. The quantitative estimate of drug-likeness (QED) is 0.488. The number of carbonyl (C=O) groups excluding carboxylic acids is 1. The van der Waals surface area contributed by atoms with Gasteiger partial charge in [-0.1, -0.05) is 4.98 Å². The van der Waals surface area contributed by atoms with Gasteiger partial charge in [0, 0.05) is 36.4 Å². The van der Waals surface area contributed by atoms with Crippen LogP contribution < -0.4 is 21.4 Å². The Hall–Kier alpha value is -3.20. The third-order valence-electron chi connectivity index (χ3n) is 6.48. The van der Waals surface area contributed by atoms with Crippen molar-refractivity contribution in [2.45, 2.75) is 57.0 Å². The molecule has 9 heteroatoms. The van der Waals surface area contributed by atoms with E-state index in [2.05, 4.69) is 25.6 Å². The number of nitrogens with two attached hydrogens (primary N) is 1. The zero-order chi connectivity index (χ0) is 21.9. The molecular formula is C23H31N8O+. The number of hydrogen-bond acceptors (Lipinski definition) is 6. The molecule has 2 aliphatic rings. The van der Waals surface area contributed by atoms with E-state index < -0.39 is 0 Å². The molecule has 0 spiro atoms. The number of H-pyrrole nitrogens is 2. The summed E-state index contributed by atoms with van der Waals surface area (Å²) in [6, 6.07) is 8.24. The number of rotatable bonds is 5. The van der Waals surface area contributed by atoms with Gasteiger partial charge in [0.05, 0.1) is 0 Å². The molecular weight excluding hydrogens is 404 g/mol. The minimum atomic E-state index is 0.110. The first-order chi connectivity index (χ1) is 15.7. The molecule has 0 radical (unpaired) electrons. The Morgan fingerprint density at radius 3 is 2.56 bits per heavy atom. The molecule has 2 aromatic heterocycles. The van der Waals surface area contributed by atoms with Crippen LogP contribution in [0, 0.1) is 0 Å². The molecule has 1 aliphatic carbocycles. The highest BCUT2D eigenvalue weighted by Crippen LogP contribution is 2.25. The van der Waals surface area contributed by atoms with Crippen molar-refractivity contribution in [2.24, 2.45) is 5.73 Å². The highest BCUT2D eigenvalue weighted by molar-refractivity contribution is 5.95. The van der Waals surface area contributed by atoms with Gasteiger partial charge in [-0.25, -0.2) is 4.98 Å². The Kier molecular flexibility index (Phi) is 5.89. The van der Waals surface area contributed by atoms with E-state index in [1.54, 1.807) is 6.33 Å². The first-order valence-electron chi connectivity index (χ1n) is 11.6. The van der Waals surface area contributed by atoms with E-state index in [1.165, 1.54) is 6.42 Å². The topological polar surface area (TPSA) is 126 Å². The number of benzene rings is 1. The average molecular weight is 436 g/mol. The molecule has 6 N–H and O–H groups in total. The van der Waals surface area contributed by atoms with Crippen LogP contribution in [0.5, 0.6) is 0 Å². The van der Waals surface area contributed by atoms with Gasteiger partial charge in [0.1, 0.15) is 0 Å². The first kappa shape index (κ1) is 20.7. The average Bonchev–Trinajstić information content (AvgIpc) is 3.30. The van der Waals surface area contributed by atoms with Crippen LogP contribution in [0.15, 0.2) is 30.6 Å². The first-order valence-corrected chi connectivity index (χ1v) is 11.6. The summed E-state index contributed by atoms with van der Waals surface area (Å²) in [6.45, 7) is 1.70. The second kappa shape index (κ2) is 9.12. The number of nitrogens with zero attached hydrogens (tertiary/aromatic N) is 3. The maximum absolute atomic E-state index is 12.7. The monoisotopic (exact) mass is 435 g/mol. The summed E-state index contributed by atoms with van der Waals surface area (Å²) in [7, 11) is 0. The lowest BCUT2D eigenvalue weighted by molar-refractivity contribution is -0.347. The van der Waals surface area contributed by atoms with Crippen LogP contribution in [0.1, 0.15) is 55.3 Å². The minimum Gasteiger partial charge on any atom is -0.339 e. The normalized spacial score (nSPS) is 21.5. The Balaban J connectivity index is 1.32. The molecule has 168 valence electrons. The summed E-state index contributed by atoms with van der Waals surface area (Å²) in [5.74, 6) is 1.38. The SMILES string of the molecule is NC1CCC(Nc2nc(Nc3ccc(C(=O)N4CCCCC4)cc3)c3[nH]c[nH+]c3n2)CC1. The van der Waals surface area contributed by atoms with Gasteiger partial charge in [-0.2, -0.15) is 4.98 Å². The third-order valence-corrected chi connectivity index (χ3v) is 6.48. The lowest BCUT2D eigenvalue weighted by Gasteiger charge is -2.26. The molecule has 1 aliphatic heterocycles. The summed E-state index contributed by atoms with van der Waals surface area (Å²) in [6.07, 6.45) is 9.21. The van der Waals surface area contributed by atoms with Gasteiger partial charge in [0.2, 0.25) is 5.52 Å². The second-order valence-corrected chi connectivity index (χ2v) is 8.86. The van der Waals surface area contributed by atoms with Crippen LogP contribution in [0.25, 0.3) is 11.2 Å². The van der Waals surface area contributed by atoms with E-state index in [-0.39, 0.29) is 5.91 Å². The van der Waals surface area contributed by atoms with Crippen LogP contribution in [-0.2, 0) is 0 Å². The van der Waals surface area contributed by atoms with Gasteiger partial charge in [0.15, 0.2) is 12.1 Å². The molecule has 9 nitrogen and oxygen atoms in total. The van der Waals surface area contributed by atoms with Crippen molar-refractivity contribution in [2.75, 3.05) is 23.7 Å². The van der Waals surface area contributed by atoms with E-state index in [9.17, 15) is 4.79 Å². The summed E-state index contributed by atoms with van der Waals surface area (Å²) >= 11 is 0. The van der Waals surface area contributed by atoms with E-state index >= 15 is 0 Å². The third kappa shape index (κ3) is 4.52. The number of amides is 1. The van der Waals surface area contributed by atoms with E-state index in [0.717, 1.165) is 74.0 Å². The number of anilines is 3. The van der Waals surface area contributed by atoms with E-state index in [4.69, 9.17) is 10.7 Å². The molecule has 32 heavy (non-hydrogen) atoms. The number of imidazole rings is 1. The Morgan fingerprint density at radius 1 is 1.06 bits per heavy atom. The van der Waals surface area contributed by atoms with Crippen LogP contribution >= 0.6 is 0 Å². The van der Waals surface area contributed by atoms with Crippen molar-refractivity contribution in [3.05, 3.63) is 36.2 Å². The lowest BCUT2D eigenvalue weighted by atomic mass is 9.92. The Morgan fingerprint density at radius 2 is 1.81 bits per heavy atom. The molecule has 0 unspecified atom stereocenters. The molecule has 1 saturated heterocycles. The van der Waals surface area contributed by atoms with Crippen molar-refractivity contribution in [3.63, 3.8) is 0 Å².